The molecule has 106 valence electrons. The maximum Gasteiger partial charge on any atom is 0.163 e. The zero-order valence-corrected chi connectivity index (χ0v) is 13.2. The van der Waals surface area contributed by atoms with Gasteiger partial charge in [0.1, 0.15) is 0 Å². The molecule has 0 saturated carbocycles. The molecule has 0 bridgehead atoms. The first-order valence-corrected chi connectivity index (χ1v) is 7.71. The molecule has 0 aliphatic carbocycles. The zero-order valence-electron chi connectivity index (χ0n) is 13.2. The van der Waals surface area contributed by atoms with Crippen molar-refractivity contribution in [2.24, 2.45) is 5.92 Å². The highest BCUT2D eigenvalue weighted by Gasteiger charge is 2.16. The number of carbonyl (C=O) groups is 1. The Kier molecular flexibility index (Phi) is 6.27. The molecule has 0 aliphatic rings. The Labute approximate surface area is 118 Å². The lowest BCUT2D eigenvalue weighted by Gasteiger charge is -2.15. The van der Waals surface area contributed by atoms with Crippen LogP contribution in [-0.2, 0) is 19.3 Å². The molecule has 1 heteroatoms. The number of hydrogen-bond acceptors (Lipinski definition) is 1. The van der Waals surface area contributed by atoms with Crippen molar-refractivity contribution in [3.8, 4) is 0 Å². The molecule has 0 unspecified atom stereocenters. The van der Waals surface area contributed by atoms with E-state index in [0.717, 1.165) is 31.2 Å². The fraction of sp³-hybridized carbons (Fsp3) is 0.611. The number of aryl methyl sites for hydroxylation is 3. The Bertz CT molecular complexity index is 404. The molecule has 0 spiro atoms. The average Bonchev–Trinajstić information content (AvgIpc) is 2.42. The third-order valence-corrected chi connectivity index (χ3v) is 3.76. The van der Waals surface area contributed by atoms with Crippen molar-refractivity contribution < 1.29 is 4.79 Å². The highest BCUT2D eigenvalue weighted by Crippen LogP contribution is 2.23. The minimum absolute atomic E-state index is 0.338. The number of rotatable bonds is 7. The Morgan fingerprint density at radius 3 is 1.89 bits per heavy atom. The van der Waals surface area contributed by atoms with E-state index >= 15 is 0 Å². The van der Waals surface area contributed by atoms with E-state index in [-0.39, 0.29) is 0 Å². The van der Waals surface area contributed by atoms with Crippen LogP contribution in [0.4, 0.5) is 0 Å². The van der Waals surface area contributed by atoms with Crippen LogP contribution in [0.5, 0.6) is 0 Å². The molecule has 0 saturated heterocycles. The normalized spacial score (nSPS) is 11.1. The van der Waals surface area contributed by atoms with E-state index in [1.807, 2.05) is 0 Å². The molecule has 0 amide bonds. The summed E-state index contributed by atoms with van der Waals surface area (Å²) in [6.07, 6.45) is 4.61. The molecule has 1 rings (SSSR count). The van der Waals surface area contributed by atoms with Gasteiger partial charge in [0.2, 0.25) is 0 Å². The van der Waals surface area contributed by atoms with Crippen LogP contribution in [0.15, 0.2) is 12.1 Å². The maximum atomic E-state index is 12.5. The smallest absolute Gasteiger partial charge is 0.163 e. The molecule has 0 aliphatic heterocycles. The SMILES string of the molecule is CCc1cc(CC)c(C(=O)CCC(C)C)c(CC)c1. The molecular formula is C18H28O. The summed E-state index contributed by atoms with van der Waals surface area (Å²) in [7, 11) is 0. The molecule has 1 nitrogen and oxygen atoms in total. The molecular weight excluding hydrogens is 232 g/mol. The lowest BCUT2D eigenvalue weighted by molar-refractivity contribution is 0.0973. The van der Waals surface area contributed by atoms with E-state index in [4.69, 9.17) is 0 Å². The maximum absolute atomic E-state index is 12.5. The highest BCUT2D eigenvalue weighted by atomic mass is 16.1. The molecule has 0 fully saturated rings. The van der Waals surface area contributed by atoms with Crippen LogP contribution in [0.3, 0.4) is 0 Å². The van der Waals surface area contributed by atoms with Crippen molar-refractivity contribution in [3.05, 3.63) is 34.4 Å². The Balaban J connectivity index is 3.12. The largest absolute Gasteiger partial charge is 0.294 e. The summed E-state index contributed by atoms with van der Waals surface area (Å²) < 4.78 is 0. The van der Waals surface area contributed by atoms with Gasteiger partial charge in [-0.05, 0) is 48.3 Å². The summed E-state index contributed by atoms with van der Waals surface area (Å²) in [6.45, 7) is 10.8. The molecule has 0 atom stereocenters. The van der Waals surface area contributed by atoms with Gasteiger partial charge in [0.05, 0.1) is 0 Å². The number of hydrogen-bond donors (Lipinski definition) is 0. The second-order valence-corrected chi connectivity index (χ2v) is 5.71. The van der Waals surface area contributed by atoms with Crippen LogP contribution >= 0.6 is 0 Å². The summed E-state index contributed by atoms with van der Waals surface area (Å²) in [6, 6.07) is 4.45. The fourth-order valence-corrected chi connectivity index (χ4v) is 2.50. The monoisotopic (exact) mass is 260 g/mol. The average molecular weight is 260 g/mol. The van der Waals surface area contributed by atoms with Gasteiger partial charge in [-0.25, -0.2) is 0 Å². The molecule has 1 aromatic rings. The van der Waals surface area contributed by atoms with Crippen molar-refractivity contribution >= 4 is 5.78 Å². The van der Waals surface area contributed by atoms with Crippen LogP contribution in [0.2, 0.25) is 0 Å². The van der Waals surface area contributed by atoms with Gasteiger partial charge in [0, 0.05) is 12.0 Å². The molecule has 0 aromatic heterocycles. The third-order valence-electron chi connectivity index (χ3n) is 3.76. The first-order valence-electron chi connectivity index (χ1n) is 7.71. The first kappa shape index (κ1) is 15.9. The highest BCUT2D eigenvalue weighted by molar-refractivity contribution is 5.99. The summed E-state index contributed by atoms with van der Waals surface area (Å²) in [4.78, 5) is 12.5. The minimum atomic E-state index is 0.338. The molecule has 0 radical (unpaired) electrons. The van der Waals surface area contributed by atoms with E-state index < -0.39 is 0 Å². The third kappa shape index (κ3) is 4.19. The van der Waals surface area contributed by atoms with Crippen molar-refractivity contribution in [3.63, 3.8) is 0 Å². The van der Waals surface area contributed by atoms with Crippen LogP contribution in [-0.4, -0.2) is 5.78 Å². The molecule has 0 heterocycles. The van der Waals surface area contributed by atoms with Crippen molar-refractivity contribution in [1.29, 1.82) is 0 Å². The Morgan fingerprint density at radius 2 is 1.53 bits per heavy atom. The van der Waals surface area contributed by atoms with Crippen LogP contribution in [0.25, 0.3) is 0 Å². The number of benzene rings is 1. The van der Waals surface area contributed by atoms with E-state index in [0.29, 0.717) is 18.1 Å². The van der Waals surface area contributed by atoms with Gasteiger partial charge in [-0.3, -0.25) is 4.79 Å². The molecule has 0 N–H and O–H groups in total. The zero-order chi connectivity index (χ0) is 14.4. The summed E-state index contributed by atoms with van der Waals surface area (Å²) in [5, 5.41) is 0. The van der Waals surface area contributed by atoms with Gasteiger partial charge >= 0.3 is 0 Å². The standard InChI is InChI=1S/C18H28O/c1-6-14-11-15(7-2)18(16(8-3)12-14)17(19)10-9-13(4)5/h11-13H,6-10H2,1-5H3. The molecule has 19 heavy (non-hydrogen) atoms. The van der Waals surface area contributed by atoms with E-state index in [1.165, 1.54) is 16.7 Å². The van der Waals surface area contributed by atoms with Crippen molar-refractivity contribution in [2.75, 3.05) is 0 Å². The predicted octanol–water partition coefficient (Wildman–Crippen LogP) is 4.99. The van der Waals surface area contributed by atoms with Gasteiger partial charge in [0.25, 0.3) is 0 Å². The van der Waals surface area contributed by atoms with Gasteiger partial charge in [0.15, 0.2) is 5.78 Å². The second-order valence-electron chi connectivity index (χ2n) is 5.71. The Morgan fingerprint density at radius 1 is 1.00 bits per heavy atom. The van der Waals surface area contributed by atoms with Crippen molar-refractivity contribution in [1.82, 2.24) is 0 Å². The lowest BCUT2D eigenvalue weighted by atomic mass is 9.89. The van der Waals surface area contributed by atoms with E-state index in [2.05, 4.69) is 46.8 Å². The number of ketones is 1. The van der Waals surface area contributed by atoms with Gasteiger partial charge in [-0.15, -0.1) is 0 Å². The summed E-state index contributed by atoms with van der Waals surface area (Å²) in [5.41, 5.74) is 4.85. The van der Waals surface area contributed by atoms with Gasteiger partial charge in [-0.1, -0.05) is 46.8 Å². The Hall–Kier alpha value is -1.11. The first-order chi connectivity index (χ1) is 9.03. The van der Waals surface area contributed by atoms with E-state index in [1.54, 1.807) is 0 Å². The van der Waals surface area contributed by atoms with Crippen LogP contribution in [0, 0.1) is 5.92 Å². The minimum Gasteiger partial charge on any atom is -0.294 e. The quantitative estimate of drug-likeness (QED) is 0.631. The van der Waals surface area contributed by atoms with Crippen molar-refractivity contribution in [2.45, 2.75) is 66.7 Å². The molecule has 1 aromatic carbocycles. The second kappa shape index (κ2) is 7.47. The summed E-state index contributed by atoms with van der Waals surface area (Å²) in [5.74, 6) is 0.930. The number of Topliss-reactive ketones (excluding diaryl/α,β-unsaturated/α-hetero) is 1. The van der Waals surface area contributed by atoms with Crippen LogP contribution in [0.1, 0.15) is 74.5 Å². The fourth-order valence-electron chi connectivity index (χ4n) is 2.50. The van der Waals surface area contributed by atoms with E-state index in [9.17, 15) is 4.79 Å². The van der Waals surface area contributed by atoms with Gasteiger partial charge in [-0.2, -0.15) is 0 Å². The van der Waals surface area contributed by atoms with Crippen LogP contribution < -0.4 is 0 Å². The lowest BCUT2D eigenvalue weighted by Crippen LogP contribution is -2.10. The predicted molar refractivity (Wildman–Crippen MR) is 83.0 cm³/mol. The topological polar surface area (TPSA) is 17.1 Å². The summed E-state index contributed by atoms with van der Waals surface area (Å²) >= 11 is 0. The van der Waals surface area contributed by atoms with Gasteiger partial charge < -0.3 is 0 Å². The number of carbonyl (C=O) groups excluding carboxylic acids is 1.